The number of aliphatic imine (C=N–C) groups is 1. The number of phenolic OH excluding ortho intramolecular Hbond substituents is 1. The van der Waals surface area contributed by atoms with Crippen molar-refractivity contribution in [1.29, 1.82) is 0 Å². The molecule has 8 heteroatoms. The van der Waals surface area contributed by atoms with E-state index >= 15 is 0 Å². The van der Waals surface area contributed by atoms with Crippen LogP contribution in [-0.4, -0.2) is 34.2 Å². The molecule has 27 heavy (non-hydrogen) atoms. The topological polar surface area (TPSA) is 88.8 Å². The van der Waals surface area contributed by atoms with Gasteiger partial charge in [-0.3, -0.25) is 14.6 Å². The number of aromatic amines is 1. The van der Waals surface area contributed by atoms with Gasteiger partial charge in [0.15, 0.2) is 17.3 Å². The first-order valence-corrected chi connectivity index (χ1v) is 9.92. The first-order chi connectivity index (χ1) is 13.0. The Labute approximate surface area is 161 Å². The van der Waals surface area contributed by atoms with Crippen LogP contribution in [-0.2, 0) is 0 Å². The Balaban J connectivity index is 1.86. The van der Waals surface area contributed by atoms with Crippen molar-refractivity contribution in [3.63, 3.8) is 0 Å². The van der Waals surface area contributed by atoms with Crippen molar-refractivity contribution < 1.29 is 14.6 Å². The molecule has 4 rings (SSSR count). The molecule has 1 aliphatic heterocycles. The molecule has 2 aromatic rings. The van der Waals surface area contributed by atoms with Gasteiger partial charge in [0.05, 0.1) is 36.1 Å². The Morgan fingerprint density at radius 3 is 2.44 bits per heavy atom. The summed E-state index contributed by atoms with van der Waals surface area (Å²) < 4.78 is 12.5. The van der Waals surface area contributed by atoms with Crippen molar-refractivity contribution in [2.75, 3.05) is 14.2 Å². The first-order valence-electron chi connectivity index (χ1n) is 9.04. The lowest BCUT2D eigenvalue weighted by Gasteiger charge is -2.23. The molecule has 0 spiro atoms. The van der Waals surface area contributed by atoms with Crippen LogP contribution in [0.3, 0.4) is 0 Å². The summed E-state index contributed by atoms with van der Waals surface area (Å²) in [5.41, 5.74) is 1.36. The third-order valence-corrected chi connectivity index (χ3v) is 6.42. The number of methoxy groups -OCH3 is 2. The van der Waals surface area contributed by atoms with Crippen LogP contribution in [0.25, 0.3) is 0 Å². The highest BCUT2D eigenvalue weighted by molar-refractivity contribution is 8.14. The highest BCUT2D eigenvalue weighted by Crippen LogP contribution is 2.48. The first kappa shape index (κ1) is 18.0. The minimum absolute atomic E-state index is 0.0485. The van der Waals surface area contributed by atoms with Gasteiger partial charge >= 0.3 is 0 Å². The number of thioether (sulfide) groups is 1. The van der Waals surface area contributed by atoms with Gasteiger partial charge in [0.1, 0.15) is 0 Å². The average Bonchev–Trinajstić information content (AvgIpc) is 3.29. The van der Waals surface area contributed by atoms with Gasteiger partial charge in [-0.25, -0.2) is 4.99 Å². The Morgan fingerprint density at radius 2 is 1.85 bits per heavy atom. The highest BCUT2D eigenvalue weighted by atomic mass is 32.2. The van der Waals surface area contributed by atoms with Crippen molar-refractivity contribution in [1.82, 2.24) is 9.78 Å². The zero-order valence-electron chi connectivity index (χ0n) is 15.6. The number of phenols is 1. The Hall–Kier alpha value is -2.35. The van der Waals surface area contributed by atoms with E-state index in [9.17, 15) is 9.90 Å². The number of aromatic nitrogens is 2. The average molecular weight is 389 g/mol. The van der Waals surface area contributed by atoms with Crippen LogP contribution in [0.4, 0.5) is 5.82 Å². The number of nitrogens with one attached hydrogen (secondary N) is 1. The minimum atomic E-state index is -0.243. The largest absolute Gasteiger partial charge is 0.502 e. The van der Waals surface area contributed by atoms with Crippen LogP contribution >= 0.6 is 11.8 Å². The van der Waals surface area contributed by atoms with E-state index in [-0.39, 0.29) is 16.6 Å². The molecule has 0 saturated heterocycles. The maximum atomic E-state index is 12.8. The number of hydrogen-bond donors (Lipinski definition) is 2. The molecule has 2 heterocycles. The molecule has 1 aromatic carbocycles. The second-order valence-corrected chi connectivity index (χ2v) is 8.19. The molecule has 0 amide bonds. The van der Waals surface area contributed by atoms with E-state index in [0.29, 0.717) is 23.1 Å². The summed E-state index contributed by atoms with van der Waals surface area (Å²) in [7, 11) is 2.99. The lowest BCUT2D eigenvalue weighted by Crippen LogP contribution is -2.13. The van der Waals surface area contributed by atoms with Crippen LogP contribution in [0.2, 0.25) is 0 Å². The summed E-state index contributed by atoms with van der Waals surface area (Å²) in [5, 5.41) is 13.9. The van der Waals surface area contributed by atoms with E-state index in [1.54, 1.807) is 12.1 Å². The second kappa shape index (κ2) is 6.99. The molecule has 2 N–H and O–H groups in total. The number of hydrogen-bond acceptors (Lipinski definition) is 6. The van der Waals surface area contributed by atoms with Gasteiger partial charge in [0.2, 0.25) is 5.75 Å². The molecule has 0 bridgehead atoms. The molecular formula is C19H23N3O4S. The number of fused-ring (bicyclic) bond motifs is 1. The number of ether oxygens (including phenoxy) is 2. The van der Waals surface area contributed by atoms with Crippen molar-refractivity contribution in [3.8, 4) is 17.2 Å². The van der Waals surface area contributed by atoms with Crippen LogP contribution in [0.15, 0.2) is 21.9 Å². The van der Waals surface area contributed by atoms with Crippen LogP contribution in [0, 0.1) is 0 Å². The molecule has 1 aromatic heterocycles. The van der Waals surface area contributed by atoms with Crippen molar-refractivity contribution in [3.05, 3.63) is 33.6 Å². The molecule has 1 saturated carbocycles. The van der Waals surface area contributed by atoms with Crippen molar-refractivity contribution >= 4 is 22.6 Å². The van der Waals surface area contributed by atoms with E-state index in [0.717, 1.165) is 29.3 Å². The predicted molar refractivity (Wildman–Crippen MR) is 106 cm³/mol. The van der Waals surface area contributed by atoms with Crippen LogP contribution < -0.4 is 15.0 Å². The number of H-pyrrole nitrogens is 1. The van der Waals surface area contributed by atoms with Gasteiger partial charge in [0.25, 0.3) is 5.56 Å². The van der Waals surface area contributed by atoms with Crippen LogP contribution in [0.5, 0.6) is 17.2 Å². The summed E-state index contributed by atoms with van der Waals surface area (Å²) in [6.45, 7) is 1.95. The minimum Gasteiger partial charge on any atom is -0.502 e. The zero-order valence-corrected chi connectivity index (χ0v) is 16.4. The third kappa shape index (κ3) is 3.01. The summed E-state index contributed by atoms with van der Waals surface area (Å²) in [6.07, 6.45) is 4.47. The standard InChI is InChI=1S/C19H23N3O4S/c1-10-20-18-15(19(24)21-22(18)12-6-4-5-7-12)17(27-10)11-8-13(25-2)16(23)14(9-11)26-3/h8-9,12,17,23H,4-7H2,1-3H3,(H,21,24)/t17-/m1/s1. The summed E-state index contributed by atoms with van der Waals surface area (Å²) in [6, 6.07) is 3.81. The summed E-state index contributed by atoms with van der Waals surface area (Å²) in [4.78, 5) is 17.5. The second-order valence-electron chi connectivity index (χ2n) is 6.89. The normalized spacial score (nSPS) is 19.7. The Kier molecular flexibility index (Phi) is 4.67. The molecule has 144 valence electrons. The van der Waals surface area contributed by atoms with E-state index in [1.165, 1.54) is 38.8 Å². The number of rotatable bonds is 4. The number of benzene rings is 1. The molecule has 0 unspecified atom stereocenters. The molecule has 1 aliphatic carbocycles. The maximum Gasteiger partial charge on any atom is 0.271 e. The molecule has 1 atom stereocenters. The van der Waals surface area contributed by atoms with Crippen molar-refractivity contribution in [2.24, 2.45) is 4.99 Å². The molecule has 0 radical (unpaired) electrons. The van der Waals surface area contributed by atoms with Crippen LogP contribution in [0.1, 0.15) is 55.0 Å². The fourth-order valence-corrected chi connectivity index (χ4v) is 5.02. The van der Waals surface area contributed by atoms with Gasteiger partial charge in [-0.1, -0.05) is 24.6 Å². The predicted octanol–water partition coefficient (Wildman–Crippen LogP) is 3.90. The summed E-state index contributed by atoms with van der Waals surface area (Å²) in [5.74, 6) is 1.31. The fraction of sp³-hybridized carbons (Fsp3) is 0.474. The van der Waals surface area contributed by atoms with Gasteiger partial charge in [-0.15, -0.1) is 0 Å². The SMILES string of the molecule is COc1cc([C@H]2SC(C)=Nc3c2c(=O)[nH]n3C2CCCC2)cc(OC)c1O. The highest BCUT2D eigenvalue weighted by Gasteiger charge is 2.33. The van der Waals surface area contributed by atoms with E-state index in [2.05, 4.69) is 10.1 Å². The van der Waals surface area contributed by atoms with Gasteiger partial charge in [-0.05, 0) is 37.5 Å². The maximum absolute atomic E-state index is 12.8. The van der Waals surface area contributed by atoms with Gasteiger partial charge < -0.3 is 14.6 Å². The third-order valence-electron chi connectivity index (χ3n) is 5.24. The quantitative estimate of drug-likeness (QED) is 0.828. The smallest absolute Gasteiger partial charge is 0.271 e. The van der Waals surface area contributed by atoms with Crippen molar-refractivity contribution in [2.45, 2.75) is 43.9 Å². The van der Waals surface area contributed by atoms with E-state index in [1.807, 2.05) is 11.6 Å². The molecule has 7 nitrogen and oxygen atoms in total. The monoisotopic (exact) mass is 389 g/mol. The molecule has 2 aliphatic rings. The van der Waals surface area contributed by atoms with E-state index < -0.39 is 0 Å². The van der Waals surface area contributed by atoms with E-state index in [4.69, 9.17) is 9.47 Å². The Bertz CT molecular complexity index is 931. The zero-order chi connectivity index (χ0) is 19.1. The lowest BCUT2D eigenvalue weighted by atomic mass is 10.0. The summed E-state index contributed by atoms with van der Waals surface area (Å²) >= 11 is 1.52. The van der Waals surface area contributed by atoms with Gasteiger partial charge in [-0.2, -0.15) is 0 Å². The number of nitrogens with zero attached hydrogens (tertiary/aromatic N) is 2. The lowest BCUT2D eigenvalue weighted by molar-refractivity contribution is 0.339. The van der Waals surface area contributed by atoms with Gasteiger partial charge in [0, 0.05) is 0 Å². The molecule has 1 fully saturated rings. The Morgan fingerprint density at radius 1 is 1.22 bits per heavy atom. The number of aromatic hydroxyl groups is 1. The molecular weight excluding hydrogens is 366 g/mol. The fourth-order valence-electron chi connectivity index (χ4n) is 3.94.